The highest BCUT2D eigenvalue weighted by Gasteiger charge is 2.45. The molecule has 16 heavy (non-hydrogen) atoms. The predicted molar refractivity (Wildman–Crippen MR) is 61.4 cm³/mol. The summed E-state index contributed by atoms with van der Waals surface area (Å²) in [5.74, 6) is 0.312. The Morgan fingerprint density at radius 2 is 2.06 bits per heavy atom. The van der Waals surface area contributed by atoms with Gasteiger partial charge >= 0.3 is 0 Å². The molecule has 3 atom stereocenters. The van der Waals surface area contributed by atoms with Gasteiger partial charge in [-0.05, 0) is 18.4 Å². The Bertz CT molecular complexity index is 402. The molecule has 1 fully saturated rings. The van der Waals surface area contributed by atoms with Crippen molar-refractivity contribution in [3.8, 4) is 0 Å². The lowest BCUT2D eigenvalue weighted by Crippen LogP contribution is -2.28. The molecule has 1 saturated carbocycles. The molecule has 84 valence electrons. The van der Waals surface area contributed by atoms with E-state index in [0.29, 0.717) is 5.92 Å². The normalized spacial score (nSPS) is 32.1. The number of rotatable bonds is 2. The van der Waals surface area contributed by atoms with E-state index in [4.69, 9.17) is 9.57 Å². The van der Waals surface area contributed by atoms with E-state index in [1.807, 2.05) is 18.2 Å². The Morgan fingerprint density at radius 3 is 2.81 bits per heavy atom. The quantitative estimate of drug-likeness (QED) is 0.760. The molecule has 1 aromatic carbocycles. The number of nitrogens with zero attached hydrogens (tertiary/aromatic N) is 1. The Balaban J connectivity index is 1.92. The zero-order chi connectivity index (χ0) is 11.0. The van der Waals surface area contributed by atoms with Crippen molar-refractivity contribution in [3.63, 3.8) is 0 Å². The van der Waals surface area contributed by atoms with Gasteiger partial charge in [0.1, 0.15) is 6.10 Å². The van der Waals surface area contributed by atoms with Crippen LogP contribution in [0.4, 0.5) is 0 Å². The molecule has 0 amide bonds. The molecular weight excluding hydrogens is 202 g/mol. The molecule has 3 rings (SSSR count). The van der Waals surface area contributed by atoms with Gasteiger partial charge in [0, 0.05) is 7.11 Å². The fourth-order valence-corrected chi connectivity index (χ4v) is 2.70. The van der Waals surface area contributed by atoms with Crippen LogP contribution >= 0.6 is 0 Å². The molecule has 1 heterocycles. The summed E-state index contributed by atoms with van der Waals surface area (Å²) in [6, 6.07) is 10.2. The van der Waals surface area contributed by atoms with E-state index in [1.165, 1.54) is 0 Å². The molecule has 1 aliphatic heterocycles. The fourth-order valence-electron chi connectivity index (χ4n) is 2.70. The van der Waals surface area contributed by atoms with Crippen molar-refractivity contribution in [2.24, 2.45) is 11.1 Å². The lowest BCUT2D eigenvalue weighted by molar-refractivity contribution is 0.0430. The second-order valence-corrected chi connectivity index (χ2v) is 4.36. The molecule has 2 aliphatic rings. The summed E-state index contributed by atoms with van der Waals surface area (Å²) in [6.07, 6.45) is 2.59. The first-order valence-electron chi connectivity index (χ1n) is 5.72. The summed E-state index contributed by atoms with van der Waals surface area (Å²) in [6.45, 7) is 0. The van der Waals surface area contributed by atoms with Crippen LogP contribution in [-0.4, -0.2) is 25.0 Å². The molecule has 0 spiro atoms. The minimum Gasteiger partial charge on any atom is -0.391 e. The van der Waals surface area contributed by atoms with Gasteiger partial charge < -0.3 is 9.57 Å². The predicted octanol–water partition coefficient (Wildman–Crippen LogP) is 2.21. The molecule has 1 aromatic rings. The van der Waals surface area contributed by atoms with Gasteiger partial charge in [0.05, 0.1) is 17.7 Å². The zero-order valence-corrected chi connectivity index (χ0v) is 9.30. The van der Waals surface area contributed by atoms with E-state index in [1.54, 1.807) is 7.11 Å². The van der Waals surface area contributed by atoms with Crippen LogP contribution in [0.5, 0.6) is 0 Å². The Labute approximate surface area is 95.1 Å². The van der Waals surface area contributed by atoms with Crippen molar-refractivity contribution in [2.45, 2.75) is 25.0 Å². The van der Waals surface area contributed by atoms with Crippen molar-refractivity contribution >= 4 is 5.71 Å². The van der Waals surface area contributed by atoms with Gasteiger partial charge in [0.25, 0.3) is 0 Å². The van der Waals surface area contributed by atoms with Crippen LogP contribution in [0.2, 0.25) is 0 Å². The molecule has 0 aromatic heterocycles. The lowest BCUT2D eigenvalue weighted by atomic mass is 9.93. The van der Waals surface area contributed by atoms with Crippen LogP contribution in [0.1, 0.15) is 18.4 Å². The Morgan fingerprint density at radius 1 is 1.25 bits per heavy atom. The van der Waals surface area contributed by atoms with Gasteiger partial charge in [-0.15, -0.1) is 0 Å². The van der Waals surface area contributed by atoms with Crippen LogP contribution in [0.25, 0.3) is 0 Å². The maximum Gasteiger partial charge on any atom is 0.138 e. The molecule has 1 aliphatic carbocycles. The van der Waals surface area contributed by atoms with E-state index in [2.05, 4.69) is 17.3 Å². The van der Waals surface area contributed by atoms with Gasteiger partial charge in [0.2, 0.25) is 0 Å². The molecular formula is C13H15NO2. The molecule has 0 radical (unpaired) electrons. The first-order chi connectivity index (χ1) is 7.90. The van der Waals surface area contributed by atoms with Crippen LogP contribution in [0.15, 0.2) is 35.5 Å². The van der Waals surface area contributed by atoms with E-state index >= 15 is 0 Å². The van der Waals surface area contributed by atoms with Gasteiger partial charge in [-0.3, -0.25) is 0 Å². The van der Waals surface area contributed by atoms with Crippen molar-refractivity contribution < 1.29 is 9.57 Å². The van der Waals surface area contributed by atoms with Crippen molar-refractivity contribution in [2.75, 3.05) is 7.11 Å². The monoisotopic (exact) mass is 217 g/mol. The minimum absolute atomic E-state index is 0.222. The maximum absolute atomic E-state index is 5.52. The fraction of sp³-hybridized carbons (Fsp3) is 0.462. The average Bonchev–Trinajstić information content (AvgIpc) is 2.90. The van der Waals surface area contributed by atoms with Crippen molar-refractivity contribution in [3.05, 3.63) is 35.9 Å². The van der Waals surface area contributed by atoms with Gasteiger partial charge in [0.15, 0.2) is 0 Å². The number of hydrogen-bond donors (Lipinski definition) is 0. The number of oxime groups is 1. The molecule has 3 heteroatoms. The molecule has 0 N–H and O–H groups in total. The summed E-state index contributed by atoms with van der Waals surface area (Å²) in [4.78, 5) is 5.48. The van der Waals surface area contributed by atoms with Gasteiger partial charge in [-0.1, -0.05) is 35.5 Å². The standard InChI is InChI=1S/C13H15NO2/c1-15-10-7-8-11-12(10)13(14-16-11)9-5-3-2-4-6-9/h2-6,10-12H,7-8H2,1H3/t10-,11-,12+/m1/s1. The van der Waals surface area contributed by atoms with Gasteiger partial charge in [-0.2, -0.15) is 0 Å². The summed E-state index contributed by atoms with van der Waals surface area (Å²) in [5, 5.41) is 4.23. The Kier molecular flexibility index (Phi) is 2.40. The van der Waals surface area contributed by atoms with Gasteiger partial charge in [-0.25, -0.2) is 0 Å². The van der Waals surface area contributed by atoms with E-state index in [9.17, 15) is 0 Å². The third-order valence-corrected chi connectivity index (χ3v) is 3.51. The maximum atomic E-state index is 5.52. The number of methoxy groups -OCH3 is 1. The smallest absolute Gasteiger partial charge is 0.138 e. The third kappa shape index (κ3) is 1.43. The summed E-state index contributed by atoms with van der Waals surface area (Å²) in [7, 11) is 1.77. The lowest BCUT2D eigenvalue weighted by Gasteiger charge is -2.16. The summed E-state index contributed by atoms with van der Waals surface area (Å²) in [5.41, 5.74) is 2.20. The molecule has 3 nitrogen and oxygen atoms in total. The largest absolute Gasteiger partial charge is 0.391 e. The number of benzene rings is 1. The summed E-state index contributed by atoms with van der Waals surface area (Å²) < 4.78 is 5.52. The van der Waals surface area contributed by atoms with Crippen molar-refractivity contribution in [1.29, 1.82) is 0 Å². The van der Waals surface area contributed by atoms with E-state index in [-0.39, 0.29) is 12.2 Å². The molecule has 0 saturated heterocycles. The third-order valence-electron chi connectivity index (χ3n) is 3.51. The SMILES string of the molecule is CO[C@@H]1CC[C@H]2ON=C(c3ccccc3)[C@@H]12. The topological polar surface area (TPSA) is 30.8 Å². The van der Waals surface area contributed by atoms with E-state index < -0.39 is 0 Å². The number of ether oxygens (including phenoxy) is 1. The first-order valence-corrected chi connectivity index (χ1v) is 5.72. The number of fused-ring (bicyclic) bond motifs is 1. The van der Waals surface area contributed by atoms with Crippen molar-refractivity contribution in [1.82, 2.24) is 0 Å². The highest BCUT2D eigenvalue weighted by molar-refractivity contribution is 6.03. The highest BCUT2D eigenvalue weighted by Crippen LogP contribution is 2.37. The average molecular weight is 217 g/mol. The van der Waals surface area contributed by atoms with Crippen LogP contribution in [-0.2, 0) is 9.57 Å². The highest BCUT2D eigenvalue weighted by atomic mass is 16.6. The second kappa shape index (κ2) is 3.91. The minimum atomic E-state index is 0.222. The van der Waals surface area contributed by atoms with Crippen LogP contribution in [0, 0.1) is 5.92 Å². The molecule has 0 unspecified atom stereocenters. The zero-order valence-electron chi connectivity index (χ0n) is 9.30. The second-order valence-electron chi connectivity index (χ2n) is 4.36. The van der Waals surface area contributed by atoms with E-state index in [0.717, 1.165) is 24.1 Å². The van der Waals surface area contributed by atoms with Crippen LogP contribution < -0.4 is 0 Å². The Hall–Kier alpha value is -1.35. The summed E-state index contributed by atoms with van der Waals surface area (Å²) >= 11 is 0. The first kappa shape index (κ1) is 9.85. The van der Waals surface area contributed by atoms with Crippen LogP contribution in [0.3, 0.4) is 0 Å². The molecule has 0 bridgehead atoms. The number of hydrogen-bond acceptors (Lipinski definition) is 3.